The van der Waals surface area contributed by atoms with Crippen molar-refractivity contribution in [3.8, 4) is 5.75 Å². The number of carbonyl (C=O) groups excluding carboxylic acids is 2. The number of carbonyl (C=O) groups is 2. The van der Waals surface area contributed by atoms with Gasteiger partial charge in [0.2, 0.25) is 5.91 Å². The third-order valence-corrected chi connectivity index (χ3v) is 2.84. The van der Waals surface area contributed by atoms with E-state index in [1.807, 2.05) is 30.3 Å². The average molecular weight is 298 g/mol. The maximum atomic E-state index is 12.0. The van der Waals surface area contributed by atoms with E-state index in [2.05, 4.69) is 10.6 Å². The molecule has 0 radical (unpaired) electrons. The fourth-order valence-corrected chi connectivity index (χ4v) is 1.89. The number of anilines is 1. The van der Waals surface area contributed by atoms with E-state index < -0.39 is 0 Å². The first-order valence-corrected chi connectivity index (χ1v) is 6.99. The van der Waals surface area contributed by atoms with Crippen molar-refractivity contribution in [2.45, 2.75) is 6.92 Å². The van der Waals surface area contributed by atoms with Crippen molar-refractivity contribution < 1.29 is 14.3 Å². The lowest BCUT2D eigenvalue weighted by Crippen LogP contribution is -2.28. The van der Waals surface area contributed by atoms with E-state index in [1.54, 1.807) is 24.3 Å². The van der Waals surface area contributed by atoms with Gasteiger partial charge in [0.15, 0.2) is 0 Å². The van der Waals surface area contributed by atoms with E-state index in [9.17, 15) is 9.59 Å². The van der Waals surface area contributed by atoms with Gasteiger partial charge in [-0.3, -0.25) is 9.59 Å². The van der Waals surface area contributed by atoms with Crippen molar-refractivity contribution in [3.63, 3.8) is 0 Å². The molecule has 2 rings (SSSR count). The van der Waals surface area contributed by atoms with Crippen LogP contribution in [0.25, 0.3) is 0 Å². The molecule has 0 fully saturated rings. The van der Waals surface area contributed by atoms with Crippen molar-refractivity contribution in [1.82, 2.24) is 5.32 Å². The Morgan fingerprint density at radius 1 is 1.05 bits per heavy atom. The van der Waals surface area contributed by atoms with E-state index in [4.69, 9.17) is 4.74 Å². The minimum absolute atomic E-state index is 0.172. The summed E-state index contributed by atoms with van der Waals surface area (Å²) in [5.41, 5.74) is 1.09. The van der Waals surface area contributed by atoms with E-state index in [0.29, 0.717) is 24.4 Å². The molecule has 114 valence electrons. The topological polar surface area (TPSA) is 67.4 Å². The third kappa shape index (κ3) is 4.94. The first kappa shape index (κ1) is 15.6. The van der Waals surface area contributed by atoms with Gasteiger partial charge in [-0.1, -0.05) is 24.3 Å². The summed E-state index contributed by atoms with van der Waals surface area (Å²) < 4.78 is 5.50. The number of nitrogens with one attached hydrogen (secondary N) is 2. The molecule has 0 atom stereocenters. The Balaban J connectivity index is 1.81. The monoisotopic (exact) mass is 298 g/mol. The maximum Gasteiger partial charge on any atom is 0.251 e. The Hall–Kier alpha value is -2.82. The summed E-state index contributed by atoms with van der Waals surface area (Å²) in [6, 6.07) is 16.2. The molecule has 2 N–H and O–H groups in total. The average Bonchev–Trinajstić information content (AvgIpc) is 2.52. The molecule has 0 saturated carbocycles. The highest BCUT2D eigenvalue weighted by Gasteiger charge is 2.06. The van der Waals surface area contributed by atoms with Gasteiger partial charge in [0.1, 0.15) is 12.4 Å². The summed E-state index contributed by atoms with van der Waals surface area (Å²) >= 11 is 0. The van der Waals surface area contributed by atoms with Gasteiger partial charge in [-0.2, -0.15) is 0 Å². The van der Waals surface area contributed by atoms with Crippen molar-refractivity contribution in [3.05, 3.63) is 60.2 Å². The van der Waals surface area contributed by atoms with Gasteiger partial charge in [-0.15, -0.1) is 0 Å². The molecule has 0 bridgehead atoms. The first-order chi connectivity index (χ1) is 10.6. The predicted octanol–water partition coefficient (Wildman–Crippen LogP) is 2.45. The molecule has 0 aliphatic heterocycles. The van der Waals surface area contributed by atoms with Crippen molar-refractivity contribution in [1.29, 1.82) is 0 Å². The molecule has 0 aliphatic rings. The van der Waals surface area contributed by atoms with Crippen LogP contribution in [-0.4, -0.2) is 25.0 Å². The first-order valence-electron chi connectivity index (χ1n) is 6.99. The van der Waals surface area contributed by atoms with Crippen molar-refractivity contribution in [2.24, 2.45) is 0 Å². The van der Waals surface area contributed by atoms with Crippen LogP contribution in [0.3, 0.4) is 0 Å². The number of amides is 2. The number of hydrogen-bond donors (Lipinski definition) is 2. The van der Waals surface area contributed by atoms with Crippen LogP contribution < -0.4 is 15.4 Å². The number of para-hydroxylation sites is 1. The maximum absolute atomic E-state index is 12.0. The minimum Gasteiger partial charge on any atom is -0.492 e. The molecule has 0 spiro atoms. The fraction of sp³-hybridized carbons (Fsp3) is 0.176. The SMILES string of the molecule is CC(=O)Nc1cccc(C(=O)NCCOc2ccccc2)c1. The van der Waals surface area contributed by atoms with E-state index in [1.165, 1.54) is 6.92 Å². The number of ether oxygens (including phenoxy) is 1. The minimum atomic E-state index is -0.205. The predicted molar refractivity (Wildman–Crippen MR) is 85.0 cm³/mol. The molecule has 0 heterocycles. The summed E-state index contributed by atoms with van der Waals surface area (Å²) in [7, 11) is 0. The lowest BCUT2D eigenvalue weighted by molar-refractivity contribution is -0.114. The zero-order valence-electron chi connectivity index (χ0n) is 12.3. The summed E-state index contributed by atoms with van der Waals surface area (Å²) in [6.07, 6.45) is 0. The highest BCUT2D eigenvalue weighted by Crippen LogP contribution is 2.10. The van der Waals surface area contributed by atoms with E-state index in [0.717, 1.165) is 5.75 Å². The molecule has 0 unspecified atom stereocenters. The second kappa shape index (κ2) is 7.83. The Kier molecular flexibility index (Phi) is 5.54. The van der Waals surface area contributed by atoms with E-state index in [-0.39, 0.29) is 11.8 Å². The largest absolute Gasteiger partial charge is 0.492 e. The summed E-state index contributed by atoms with van der Waals surface area (Å²) in [5.74, 6) is 0.391. The van der Waals surface area contributed by atoms with E-state index >= 15 is 0 Å². The molecular weight excluding hydrogens is 280 g/mol. The Labute approximate surface area is 129 Å². The van der Waals surface area contributed by atoms with Gasteiger partial charge < -0.3 is 15.4 Å². The van der Waals surface area contributed by atoms with Gasteiger partial charge in [0.05, 0.1) is 6.54 Å². The molecule has 2 aromatic rings. The zero-order chi connectivity index (χ0) is 15.8. The third-order valence-electron chi connectivity index (χ3n) is 2.84. The second-order valence-electron chi connectivity index (χ2n) is 4.68. The molecule has 0 saturated heterocycles. The molecule has 2 aromatic carbocycles. The van der Waals surface area contributed by atoms with Gasteiger partial charge >= 0.3 is 0 Å². The Morgan fingerprint density at radius 3 is 2.55 bits per heavy atom. The van der Waals surface area contributed by atoms with Crippen molar-refractivity contribution in [2.75, 3.05) is 18.5 Å². The standard InChI is InChI=1S/C17H18N2O3/c1-13(20)19-15-7-5-6-14(12-15)17(21)18-10-11-22-16-8-3-2-4-9-16/h2-9,12H,10-11H2,1H3,(H,18,21)(H,19,20). The van der Waals surface area contributed by atoms with Crippen LogP contribution in [0, 0.1) is 0 Å². The summed E-state index contributed by atoms with van der Waals surface area (Å²) in [5, 5.41) is 5.42. The van der Waals surface area contributed by atoms with Crippen LogP contribution in [-0.2, 0) is 4.79 Å². The smallest absolute Gasteiger partial charge is 0.251 e. The Morgan fingerprint density at radius 2 is 1.82 bits per heavy atom. The van der Waals surface area contributed by atoms with Crippen LogP contribution in [0.15, 0.2) is 54.6 Å². The molecule has 0 aliphatic carbocycles. The molecule has 22 heavy (non-hydrogen) atoms. The number of benzene rings is 2. The van der Waals surface area contributed by atoms with Gasteiger partial charge in [-0.05, 0) is 30.3 Å². The molecule has 2 amide bonds. The highest BCUT2D eigenvalue weighted by atomic mass is 16.5. The molecular formula is C17H18N2O3. The van der Waals surface area contributed by atoms with Gasteiger partial charge in [0.25, 0.3) is 5.91 Å². The zero-order valence-corrected chi connectivity index (χ0v) is 12.3. The van der Waals surface area contributed by atoms with Crippen LogP contribution in [0.5, 0.6) is 5.75 Å². The number of hydrogen-bond acceptors (Lipinski definition) is 3. The van der Waals surface area contributed by atoms with Crippen LogP contribution in [0.1, 0.15) is 17.3 Å². The van der Waals surface area contributed by atoms with Crippen LogP contribution in [0.2, 0.25) is 0 Å². The van der Waals surface area contributed by atoms with Gasteiger partial charge in [-0.25, -0.2) is 0 Å². The van der Waals surface area contributed by atoms with Crippen molar-refractivity contribution >= 4 is 17.5 Å². The van der Waals surface area contributed by atoms with Crippen LogP contribution in [0.4, 0.5) is 5.69 Å². The Bertz CT molecular complexity index is 641. The molecule has 5 nitrogen and oxygen atoms in total. The second-order valence-corrected chi connectivity index (χ2v) is 4.68. The fourth-order valence-electron chi connectivity index (χ4n) is 1.89. The lowest BCUT2D eigenvalue weighted by atomic mass is 10.2. The highest BCUT2D eigenvalue weighted by molar-refractivity contribution is 5.96. The van der Waals surface area contributed by atoms with Gasteiger partial charge in [0, 0.05) is 18.2 Å². The lowest BCUT2D eigenvalue weighted by Gasteiger charge is -2.09. The van der Waals surface area contributed by atoms with Crippen LogP contribution >= 0.6 is 0 Å². The molecule has 5 heteroatoms. The summed E-state index contributed by atoms with van der Waals surface area (Å²) in [4.78, 5) is 23.0. The normalized spacial score (nSPS) is 9.86. The number of rotatable bonds is 6. The quantitative estimate of drug-likeness (QED) is 0.805. The molecule has 0 aromatic heterocycles. The summed E-state index contributed by atoms with van der Waals surface area (Å²) in [6.45, 7) is 2.22.